The van der Waals surface area contributed by atoms with Gasteiger partial charge in [0.15, 0.2) is 29.4 Å². The van der Waals surface area contributed by atoms with Crippen molar-refractivity contribution in [2.75, 3.05) is 11.9 Å². The van der Waals surface area contributed by atoms with Crippen LogP contribution in [-0.2, 0) is 22.4 Å². The van der Waals surface area contributed by atoms with Gasteiger partial charge in [-0.1, -0.05) is 24.3 Å². The fourth-order valence-electron chi connectivity index (χ4n) is 4.26. The van der Waals surface area contributed by atoms with E-state index in [0.717, 1.165) is 12.8 Å². The van der Waals surface area contributed by atoms with Crippen molar-refractivity contribution in [3.8, 4) is 0 Å². The van der Waals surface area contributed by atoms with Crippen LogP contribution in [0.15, 0.2) is 36.9 Å². The Morgan fingerprint density at radius 2 is 2.16 bits per heavy atom. The van der Waals surface area contributed by atoms with Gasteiger partial charge in [-0.05, 0) is 24.0 Å². The Balaban J connectivity index is 1.41. The summed E-state index contributed by atoms with van der Waals surface area (Å²) in [6.07, 6.45) is -0.860. The van der Waals surface area contributed by atoms with E-state index in [9.17, 15) is 18.3 Å². The summed E-state index contributed by atoms with van der Waals surface area (Å²) in [5.74, 6) is 0.527. The van der Waals surface area contributed by atoms with Crippen LogP contribution in [0.25, 0.3) is 11.2 Å². The molecule has 3 aromatic rings. The highest BCUT2D eigenvalue weighted by atomic mass is 32.2. The molecule has 1 aliphatic carbocycles. The second-order valence-electron chi connectivity index (χ2n) is 7.56. The first-order chi connectivity index (χ1) is 15.0. The number of ether oxygens (including phenoxy) is 1. The Morgan fingerprint density at radius 3 is 3.00 bits per heavy atom. The monoisotopic (exact) mass is 447 g/mol. The summed E-state index contributed by atoms with van der Waals surface area (Å²) in [6.45, 7) is -0.246. The van der Waals surface area contributed by atoms with Gasteiger partial charge in [0.2, 0.25) is 0 Å². The van der Waals surface area contributed by atoms with E-state index in [4.69, 9.17) is 4.74 Å². The molecule has 5 rings (SSSR count). The van der Waals surface area contributed by atoms with Gasteiger partial charge in [-0.2, -0.15) is 0 Å². The molecule has 1 aromatic carbocycles. The maximum absolute atomic E-state index is 14.8. The molecule has 0 radical (unpaired) electrons. The molecule has 164 valence electrons. The van der Waals surface area contributed by atoms with Crippen molar-refractivity contribution in [1.82, 2.24) is 24.2 Å². The molecule has 10 nitrogen and oxygen atoms in total. The minimum absolute atomic E-state index is 0.0846. The number of imidazole rings is 1. The van der Waals surface area contributed by atoms with Gasteiger partial charge in [0.25, 0.3) is 0 Å². The maximum Gasteiger partial charge on any atom is 0.173 e. The number of nitrogens with zero attached hydrogens (tertiary/aromatic N) is 4. The number of aliphatic hydroxyl groups is 1. The van der Waals surface area contributed by atoms with Crippen LogP contribution in [-0.4, -0.2) is 58.3 Å². The van der Waals surface area contributed by atoms with Crippen LogP contribution in [0.5, 0.6) is 0 Å². The topological polar surface area (TPSA) is 137 Å². The Morgan fingerprint density at radius 1 is 1.32 bits per heavy atom. The molecule has 2 aromatic heterocycles. The van der Waals surface area contributed by atoms with E-state index in [1.165, 1.54) is 28.3 Å². The number of aryl methyl sites for hydroxylation is 1. The fraction of sp³-hybridized carbons (Fsp3) is 0.421. The third-order valence-electron chi connectivity index (χ3n) is 5.77. The molecule has 1 aliphatic heterocycles. The Hall–Kier alpha value is -2.51. The zero-order valence-electron chi connectivity index (χ0n) is 16.2. The van der Waals surface area contributed by atoms with Crippen molar-refractivity contribution in [3.05, 3.63) is 48.0 Å². The van der Waals surface area contributed by atoms with Gasteiger partial charge in [-0.3, -0.25) is 8.78 Å². The van der Waals surface area contributed by atoms with Crippen LogP contribution < -0.4 is 10.0 Å². The van der Waals surface area contributed by atoms with E-state index in [0.29, 0.717) is 17.0 Å². The average Bonchev–Trinajstić information content (AvgIpc) is 3.45. The summed E-state index contributed by atoms with van der Waals surface area (Å²) < 4.78 is 45.3. The highest BCUT2D eigenvalue weighted by molar-refractivity contribution is 7.77. The summed E-state index contributed by atoms with van der Waals surface area (Å²) in [7, 11) is 0. The summed E-state index contributed by atoms with van der Waals surface area (Å²) in [4.78, 5) is 12.9. The predicted molar refractivity (Wildman–Crippen MR) is 108 cm³/mol. The Labute approximate surface area is 179 Å². The van der Waals surface area contributed by atoms with Crippen LogP contribution in [0.4, 0.5) is 10.2 Å². The van der Waals surface area contributed by atoms with Gasteiger partial charge < -0.3 is 19.7 Å². The zero-order valence-corrected chi connectivity index (χ0v) is 17.0. The van der Waals surface area contributed by atoms with Gasteiger partial charge in [0, 0.05) is 17.8 Å². The first-order valence-corrected chi connectivity index (χ1v) is 10.9. The van der Waals surface area contributed by atoms with Crippen LogP contribution in [0.3, 0.4) is 0 Å². The molecule has 31 heavy (non-hydrogen) atoms. The summed E-state index contributed by atoms with van der Waals surface area (Å²) in [6, 6.07) is 8.30. The van der Waals surface area contributed by atoms with Gasteiger partial charge in [-0.25, -0.2) is 24.1 Å². The number of hydrogen-bond donors (Lipinski definition) is 3. The quantitative estimate of drug-likeness (QED) is 0.474. The van der Waals surface area contributed by atoms with Crippen LogP contribution in [0, 0.1) is 0 Å². The minimum Gasteiger partial charge on any atom is -0.760 e. The number of anilines is 1. The van der Waals surface area contributed by atoms with E-state index >= 15 is 0 Å². The van der Waals surface area contributed by atoms with Crippen LogP contribution in [0.1, 0.15) is 29.8 Å². The number of halogens is 1. The fourth-order valence-corrected chi connectivity index (χ4v) is 4.56. The van der Waals surface area contributed by atoms with Crippen molar-refractivity contribution in [2.45, 2.75) is 43.5 Å². The van der Waals surface area contributed by atoms with Gasteiger partial charge in [0.05, 0.1) is 12.4 Å². The van der Waals surface area contributed by atoms with Gasteiger partial charge in [-0.15, -0.1) is 0 Å². The molecule has 3 N–H and O–H groups in total. The number of aromatic nitrogens is 4. The normalized spacial score (nSPS) is 28.7. The second kappa shape index (κ2) is 8.20. The highest BCUT2D eigenvalue weighted by Crippen LogP contribution is 2.36. The molecule has 0 bridgehead atoms. The molecular formula is C19H20FN6O4S-. The van der Waals surface area contributed by atoms with Crippen LogP contribution in [0.2, 0.25) is 0 Å². The summed E-state index contributed by atoms with van der Waals surface area (Å²) in [5, 5.41) is 13.5. The number of alkyl halides is 1. The SMILES string of the molecule is O=S([O-])NC[C@H]1O[C@@H](n2cnc3c(NC4CCc5ccccc54)ncnc32)[C@H](F)[C@H]1O. The van der Waals surface area contributed by atoms with Crippen LogP contribution >= 0.6 is 0 Å². The Kier molecular flexibility index (Phi) is 5.40. The lowest BCUT2D eigenvalue weighted by atomic mass is 10.1. The average molecular weight is 447 g/mol. The summed E-state index contributed by atoms with van der Waals surface area (Å²) in [5.41, 5.74) is 3.32. The molecular weight excluding hydrogens is 427 g/mol. The molecule has 6 atom stereocenters. The second-order valence-corrected chi connectivity index (χ2v) is 8.32. The van der Waals surface area contributed by atoms with E-state index in [1.54, 1.807) is 0 Å². The lowest BCUT2D eigenvalue weighted by Gasteiger charge is -2.17. The third-order valence-corrected chi connectivity index (χ3v) is 6.18. The number of fused-ring (bicyclic) bond motifs is 2. The zero-order chi connectivity index (χ0) is 21.5. The molecule has 2 aliphatic rings. The standard InChI is InChI=1S/C19H21FN6O4S/c20-14-16(27)13(7-24-31(28)29)30-19(14)26-9-23-15-17(21-8-22-18(15)26)25-12-6-5-10-3-1-2-4-11(10)12/h1-4,8-9,12-14,16,19,24,27H,5-7H2,(H,28,29)(H,21,22,25)/p-1/t12?,13-,14-,16+,19-/m1/s1. The lowest BCUT2D eigenvalue weighted by Crippen LogP contribution is -2.37. The van der Waals surface area contributed by atoms with Gasteiger partial charge in [0.1, 0.15) is 18.5 Å². The molecule has 0 saturated carbocycles. The third kappa shape index (κ3) is 3.70. The smallest absolute Gasteiger partial charge is 0.173 e. The molecule has 1 saturated heterocycles. The Bertz CT molecular complexity index is 1130. The maximum atomic E-state index is 14.8. The number of aliphatic hydroxyl groups excluding tert-OH is 1. The molecule has 2 unspecified atom stereocenters. The lowest BCUT2D eigenvalue weighted by molar-refractivity contribution is -0.0195. The highest BCUT2D eigenvalue weighted by Gasteiger charge is 2.45. The van der Waals surface area contributed by atoms with Crippen molar-refractivity contribution < 1.29 is 23.0 Å². The van der Waals surface area contributed by atoms with E-state index in [2.05, 4.69) is 37.1 Å². The van der Waals surface area contributed by atoms with Crippen molar-refractivity contribution in [3.63, 3.8) is 0 Å². The first kappa shape index (κ1) is 20.4. The van der Waals surface area contributed by atoms with Gasteiger partial charge >= 0.3 is 0 Å². The van der Waals surface area contributed by atoms with Crippen molar-refractivity contribution in [2.24, 2.45) is 0 Å². The number of benzene rings is 1. The van der Waals surface area contributed by atoms with E-state index in [1.807, 2.05) is 12.1 Å². The molecule has 12 heteroatoms. The molecule has 0 spiro atoms. The van der Waals surface area contributed by atoms with E-state index < -0.39 is 35.9 Å². The largest absolute Gasteiger partial charge is 0.760 e. The number of nitrogens with one attached hydrogen (secondary N) is 2. The molecule has 0 amide bonds. The molecule has 3 heterocycles. The molecule has 1 fully saturated rings. The van der Waals surface area contributed by atoms with Crippen molar-refractivity contribution >= 4 is 28.2 Å². The first-order valence-electron chi connectivity index (χ1n) is 9.85. The van der Waals surface area contributed by atoms with Crippen molar-refractivity contribution in [1.29, 1.82) is 0 Å². The minimum atomic E-state index is -2.54. The van der Waals surface area contributed by atoms with E-state index in [-0.39, 0.29) is 12.6 Å². The predicted octanol–water partition coefficient (Wildman–Crippen LogP) is 0.906. The number of hydrogen-bond acceptors (Lipinski definition) is 8. The number of rotatable bonds is 6. The summed E-state index contributed by atoms with van der Waals surface area (Å²) >= 11 is -2.54.